The first-order valence-electron chi connectivity index (χ1n) is 6.91. The lowest BCUT2D eigenvalue weighted by molar-refractivity contribution is -0.106. The zero-order chi connectivity index (χ0) is 14.0. The summed E-state index contributed by atoms with van der Waals surface area (Å²) in [6.07, 6.45) is 8.77. The van der Waals surface area contributed by atoms with E-state index in [1.165, 1.54) is 6.42 Å². The second-order valence-corrected chi connectivity index (χ2v) is 5.26. The summed E-state index contributed by atoms with van der Waals surface area (Å²) in [4.78, 5) is 0. The molecule has 1 atom stereocenters. The maximum absolute atomic E-state index is 6.09. The number of terminal acetylenes is 1. The van der Waals surface area contributed by atoms with Gasteiger partial charge >= 0.3 is 0 Å². The molecule has 1 unspecified atom stereocenters. The van der Waals surface area contributed by atoms with Crippen LogP contribution >= 0.6 is 0 Å². The number of benzene rings is 1. The van der Waals surface area contributed by atoms with Crippen molar-refractivity contribution in [2.75, 3.05) is 6.61 Å². The van der Waals surface area contributed by atoms with Crippen LogP contribution < -0.4 is 4.74 Å². The molecule has 1 aromatic rings. The van der Waals surface area contributed by atoms with Crippen LogP contribution in [-0.4, -0.2) is 12.9 Å². The third kappa shape index (κ3) is 2.62. The molecule has 0 aliphatic carbocycles. The molecular formula is C17H22O2. The van der Waals surface area contributed by atoms with E-state index in [0.717, 1.165) is 53.0 Å². The summed E-state index contributed by atoms with van der Waals surface area (Å²) in [7, 11) is 0. The number of rotatable bonds is 2. The Labute approximate surface area is 116 Å². The van der Waals surface area contributed by atoms with E-state index in [0.29, 0.717) is 0 Å². The van der Waals surface area contributed by atoms with E-state index in [-0.39, 0.29) is 6.29 Å². The minimum absolute atomic E-state index is 0.110. The van der Waals surface area contributed by atoms with Gasteiger partial charge in [0.25, 0.3) is 0 Å². The van der Waals surface area contributed by atoms with Gasteiger partial charge in [0.15, 0.2) is 6.29 Å². The highest BCUT2D eigenvalue weighted by molar-refractivity contribution is 5.58. The van der Waals surface area contributed by atoms with Crippen molar-refractivity contribution in [1.82, 2.24) is 0 Å². The van der Waals surface area contributed by atoms with Crippen LogP contribution in [0.2, 0.25) is 0 Å². The average molecular weight is 258 g/mol. The second kappa shape index (κ2) is 5.67. The standard InChI is InChI=1S/C17H22O2/c1-6-15-11(2)13(4)17(14(5)12(15)3)19-16-9-7-8-10-18-16/h1,16H,7-10H2,2-5H3. The van der Waals surface area contributed by atoms with Crippen molar-refractivity contribution < 1.29 is 9.47 Å². The Morgan fingerprint density at radius 1 is 1.05 bits per heavy atom. The first-order valence-corrected chi connectivity index (χ1v) is 6.91. The summed E-state index contributed by atoms with van der Waals surface area (Å²) in [6, 6.07) is 0. The van der Waals surface area contributed by atoms with E-state index >= 15 is 0 Å². The first kappa shape index (κ1) is 14.0. The topological polar surface area (TPSA) is 18.5 Å². The van der Waals surface area contributed by atoms with Crippen LogP contribution in [0.4, 0.5) is 0 Å². The predicted molar refractivity (Wildman–Crippen MR) is 77.5 cm³/mol. The van der Waals surface area contributed by atoms with Crippen molar-refractivity contribution in [3.8, 4) is 18.1 Å². The van der Waals surface area contributed by atoms with Crippen LogP contribution in [0.15, 0.2) is 0 Å². The molecule has 0 radical (unpaired) electrons. The highest BCUT2D eigenvalue weighted by atomic mass is 16.7. The van der Waals surface area contributed by atoms with Gasteiger partial charge in [0, 0.05) is 12.0 Å². The summed E-state index contributed by atoms with van der Waals surface area (Å²) in [5.41, 5.74) is 5.52. The maximum atomic E-state index is 6.09. The van der Waals surface area contributed by atoms with Crippen molar-refractivity contribution in [2.45, 2.75) is 53.2 Å². The molecule has 0 saturated carbocycles. The van der Waals surface area contributed by atoms with E-state index in [9.17, 15) is 0 Å². The van der Waals surface area contributed by atoms with Gasteiger partial charge in [-0.1, -0.05) is 5.92 Å². The zero-order valence-electron chi connectivity index (χ0n) is 12.3. The Morgan fingerprint density at radius 3 is 2.16 bits per heavy atom. The van der Waals surface area contributed by atoms with Crippen LogP contribution in [0.1, 0.15) is 47.1 Å². The van der Waals surface area contributed by atoms with Crippen LogP contribution in [0.25, 0.3) is 0 Å². The third-order valence-corrected chi connectivity index (χ3v) is 4.09. The quantitative estimate of drug-likeness (QED) is 0.751. The van der Waals surface area contributed by atoms with E-state index < -0.39 is 0 Å². The van der Waals surface area contributed by atoms with Gasteiger partial charge in [-0.3, -0.25) is 0 Å². The molecule has 0 amide bonds. The minimum Gasteiger partial charge on any atom is -0.464 e. The summed E-state index contributed by atoms with van der Waals surface area (Å²) in [5.74, 6) is 3.73. The molecule has 0 spiro atoms. The van der Waals surface area contributed by atoms with Crippen LogP contribution in [0.5, 0.6) is 5.75 Å². The van der Waals surface area contributed by atoms with Crippen LogP contribution in [-0.2, 0) is 4.74 Å². The molecule has 1 fully saturated rings. The fourth-order valence-electron chi connectivity index (χ4n) is 2.61. The molecular weight excluding hydrogens is 236 g/mol. The Hall–Kier alpha value is -1.46. The molecule has 1 aliphatic heterocycles. The molecule has 2 nitrogen and oxygen atoms in total. The Morgan fingerprint density at radius 2 is 1.68 bits per heavy atom. The molecule has 102 valence electrons. The van der Waals surface area contributed by atoms with Gasteiger partial charge in [0.05, 0.1) is 6.61 Å². The number of hydrogen-bond acceptors (Lipinski definition) is 2. The normalized spacial score (nSPS) is 19.0. The van der Waals surface area contributed by atoms with Crippen molar-refractivity contribution >= 4 is 0 Å². The summed E-state index contributed by atoms with van der Waals surface area (Å²) >= 11 is 0. The highest BCUT2D eigenvalue weighted by Crippen LogP contribution is 2.33. The molecule has 0 bridgehead atoms. The summed E-state index contributed by atoms with van der Waals surface area (Å²) in [5, 5.41) is 0. The van der Waals surface area contributed by atoms with Gasteiger partial charge in [0.2, 0.25) is 0 Å². The Balaban J connectivity index is 2.38. The average Bonchev–Trinajstić information content (AvgIpc) is 2.43. The lowest BCUT2D eigenvalue weighted by Gasteiger charge is -2.26. The summed E-state index contributed by atoms with van der Waals surface area (Å²) < 4.78 is 11.8. The molecule has 19 heavy (non-hydrogen) atoms. The molecule has 1 saturated heterocycles. The summed E-state index contributed by atoms with van der Waals surface area (Å²) in [6.45, 7) is 9.06. The Bertz CT molecular complexity index is 488. The smallest absolute Gasteiger partial charge is 0.199 e. The van der Waals surface area contributed by atoms with Crippen LogP contribution in [0, 0.1) is 40.0 Å². The van der Waals surface area contributed by atoms with Gasteiger partial charge in [-0.05, 0) is 62.8 Å². The molecule has 0 N–H and O–H groups in total. The van der Waals surface area contributed by atoms with Gasteiger partial charge in [-0.15, -0.1) is 6.42 Å². The fourth-order valence-corrected chi connectivity index (χ4v) is 2.61. The van der Waals surface area contributed by atoms with E-state index in [1.54, 1.807) is 0 Å². The van der Waals surface area contributed by atoms with Gasteiger partial charge in [-0.2, -0.15) is 0 Å². The molecule has 2 heteroatoms. The van der Waals surface area contributed by atoms with Gasteiger partial charge in [-0.25, -0.2) is 0 Å². The SMILES string of the molecule is C#Cc1c(C)c(C)c(OC2CCCCO2)c(C)c1C. The molecule has 1 aromatic carbocycles. The number of ether oxygens (including phenoxy) is 2. The van der Waals surface area contributed by atoms with Crippen molar-refractivity contribution in [3.63, 3.8) is 0 Å². The third-order valence-electron chi connectivity index (χ3n) is 4.09. The van der Waals surface area contributed by atoms with Crippen molar-refractivity contribution in [3.05, 3.63) is 27.8 Å². The maximum Gasteiger partial charge on any atom is 0.199 e. The predicted octanol–water partition coefficient (Wildman–Crippen LogP) is 3.81. The zero-order valence-corrected chi connectivity index (χ0v) is 12.3. The number of hydrogen-bond donors (Lipinski definition) is 0. The minimum atomic E-state index is -0.110. The highest BCUT2D eigenvalue weighted by Gasteiger charge is 2.20. The van der Waals surface area contributed by atoms with E-state index in [2.05, 4.69) is 33.6 Å². The largest absolute Gasteiger partial charge is 0.464 e. The lowest BCUT2D eigenvalue weighted by Crippen LogP contribution is -2.26. The van der Waals surface area contributed by atoms with E-state index in [1.807, 2.05) is 0 Å². The monoisotopic (exact) mass is 258 g/mol. The first-order chi connectivity index (χ1) is 9.06. The molecule has 1 aliphatic rings. The molecule has 2 rings (SSSR count). The fraction of sp³-hybridized carbons (Fsp3) is 0.529. The van der Waals surface area contributed by atoms with Crippen molar-refractivity contribution in [1.29, 1.82) is 0 Å². The van der Waals surface area contributed by atoms with Crippen LogP contribution in [0.3, 0.4) is 0 Å². The van der Waals surface area contributed by atoms with Crippen molar-refractivity contribution in [2.24, 2.45) is 0 Å². The second-order valence-electron chi connectivity index (χ2n) is 5.26. The Kier molecular flexibility index (Phi) is 4.17. The van der Waals surface area contributed by atoms with E-state index in [4.69, 9.17) is 15.9 Å². The van der Waals surface area contributed by atoms with Gasteiger partial charge < -0.3 is 9.47 Å². The lowest BCUT2D eigenvalue weighted by atomic mass is 9.93. The molecule has 0 aromatic heterocycles. The van der Waals surface area contributed by atoms with Gasteiger partial charge in [0.1, 0.15) is 5.75 Å². The molecule has 1 heterocycles.